The van der Waals surface area contributed by atoms with Crippen LogP contribution in [0, 0.1) is 6.92 Å². The van der Waals surface area contributed by atoms with Crippen LogP contribution < -0.4 is 19.9 Å². The Bertz CT molecular complexity index is 559. The van der Waals surface area contributed by atoms with E-state index in [-0.39, 0.29) is 6.10 Å². The standard InChI is InChI=1S/C17H21NO3/c1-12-4-6-13(7-5-12)17(11-18)21-16-9-14(19-2)8-15(10-16)20-3/h4-10,17H,11,18H2,1-3H3. The lowest BCUT2D eigenvalue weighted by Gasteiger charge is -2.19. The van der Waals surface area contributed by atoms with Crippen LogP contribution in [0.1, 0.15) is 17.2 Å². The topological polar surface area (TPSA) is 53.7 Å². The lowest BCUT2D eigenvalue weighted by molar-refractivity contribution is 0.212. The Balaban J connectivity index is 2.23. The monoisotopic (exact) mass is 287 g/mol. The summed E-state index contributed by atoms with van der Waals surface area (Å²) in [5.74, 6) is 2.04. The molecule has 0 heterocycles. The highest BCUT2D eigenvalue weighted by Crippen LogP contribution is 2.30. The van der Waals surface area contributed by atoms with Gasteiger partial charge in [0.15, 0.2) is 0 Å². The van der Waals surface area contributed by atoms with Crippen molar-refractivity contribution in [2.75, 3.05) is 20.8 Å². The van der Waals surface area contributed by atoms with E-state index < -0.39 is 0 Å². The summed E-state index contributed by atoms with van der Waals surface area (Å²) in [5, 5.41) is 0. The molecule has 1 unspecified atom stereocenters. The molecular formula is C17H21NO3. The summed E-state index contributed by atoms with van der Waals surface area (Å²) in [4.78, 5) is 0. The van der Waals surface area contributed by atoms with E-state index in [0.29, 0.717) is 23.8 Å². The largest absolute Gasteiger partial charge is 0.496 e. The minimum atomic E-state index is -0.206. The fraction of sp³-hybridized carbons (Fsp3) is 0.294. The Morgan fingerprint density at radius 1 is 0.905 bits per heavy atom. The molecular weight excluding hydrogens is 266 g/mol. The highest BCUT2D eigenvalue weighted by Gasteiger charge is 2.13. The molecule has 0 amide bonds. The van der Waals surface area contributed by atoms with Gasteiger partial charge in [-0.2, -0.15) is 0 Å². The van der Waals surface area contributed by atoms with E-state index >= 15 is 0 Å². The number of rotatable bonds is 6. The maximum absolute atomic E-state index is 5.99. The van der Waals surface area contributed by atoms with Crippen molar-refractivity contribution in [1.29, 1.82) is 0 Å². The molecule has 0 saturated heterocycles. The van der Waals surface area contributed by atoms with E-state index in [4.69, 9.17) is 19.9 Å². The van der Waals surface area contributed by atoms with E-state index in [9.17, 15) is 0 Å². The van der Waals surface area contributed by atoms with Gasteiger partial charge in [0.1, 0.15) is 23.4 Å². The fourth-order valence-corrected chi connectivity index (χ4v) is 2.05. The second kappa shape index (κ2) is 6.99. The highest BCUT2D eigenvalue weighted by atomic mass is 16.5. The molecule has 0 radical (unpaired) electrons. The van der Waals surface area contributed by atoms with Crippen molar-refractivity contribution in [3.05, 3.63) is 53.6 Å². The Kier molecular flexibility index (Phi) is 5.06. The van der Waals surface area contributed by atoms with Crippen molar-refractivity contribution in [3.63, 3.8) is 0 Å². The zero-order valence-corrected chi connectivity index (χ0v) is 12.6. The first-order valence-corrected chi connectivity index (χ1v) is 6.82. The van der Waals surface area contributed by atoms with Crippen LogP contribution in [0.5, 0.6) is 17.2 Å². The zero-order chi connectivity index (χ0) is 15.2. The van der Waals surface area contributed by atoms with Crippen LogP contribution in [0.3, 0.4) is 0 Å². The first-order chi connectivity index (χ1) is 10.2. The number of ether oxygens (including phenoxy) is 3. The average molecular weight is 287 g/mol. The third-order valence-electron chi connectivity index (χ3n) is 3.27. The van der Waals surface area contributed by atoms with E-state index in [1.54, 1.807) is 20.3 Å². The number of hydrogen-bond acceptors (Lipinski definition) is 4. The number of aryl methyl sites for hydroxylation is 1. The van der Waals surface area contributed by atoms with E-state index in [1.807, 2.05) is 36.4 Å². The third-order valence-corrected chi connectivity index (χ3v) is 3.27. The maximum Gasteiger partial charge on any atom is 0.136 e. The molecule has 0 aromatic heterocycles. The molecule has 2 aromatic carbocycles. The van der Waals surface area contributed by atoms with Gasteiger partial charge in [-0.25, -0.2) is 0 Å². The zero-order valence-electron chi connectivity index (χ0n) is 12.6. The summed E-state index contributed by atoms with van der Waals surface area (Å²) in [6.07, 6.45) is -0.206. The van der Waals surface area contributed by atoms with Crippen LogP contribution in [-0.4, -0.2) is 20.8 Å². The minimum absolute atomic E-state index is 0.206. The second-order valence-corrected chi connectivity index (χ2v) is 4.80. The predicted octanol–water partition coefficient (Wildman–Crippen LogP) is 3.09. The molecule has 1 atom stereocenters. The molecule has 2 rings (SSSR count). The van der Waals surface area contributed by atoms with Gasteiger partial charge in [-0.3, -0.25) is 0 Å². The first kappa shape index (κ1) is 15.2. The molecule has 0 fully saturated rings. The normalized spacial score (nSPS) is 11.8. The molecule has 0 aliphatic rings. The van der Waals surface area contributed by atoms with Crippen LogP contribution in [-0.2, 0) is 0 Å². The second-order valence-electron chi connectivity index (χ2n) is 4.80. The Hall–Kier alpha value is -2.20. The maximum atomic E-state index is 5.99. The predicted molar refractivity (Wildman–Crippen MR) is 83.1 cm³/mol. The number of nitrogens with two attached hydrogens (primary N) is 1. The van der Waals surface area contributed by atoms with E-state index in [1.165, 1.54) is 5.56 Å². The molecule has 4 heteroatoms. The van der Waals surface area contributed by atoms with Gasteiger partial charge in [-0.1, -0.05) is 29.8 Å². The SMILES string of the molecule is COc1cc(OC)cc(OC(CN)c2ccc(C)cc2)c1. The summed E-state index contributed by atoms with van der Waals surface area (Å²) in [6.45, 7) is 2.44. The number of methoxy groups -OCH3 is 2. The van der Waals surface area contributed by atoms with Gasteiger partial charge in [0.05, 0.1) is 14.2 Å². The molecule has 0 aliphatic carbocycles. The number of benzene rings is 2. The Labute approximate surface area is 125 Å². The van der Waals surface area contributed by atoms with Gasteiger partial charge in [-0.15, -0.1) is 0 Å². The quantitative estimate of drug-likeness (QED) is 0.887. The summed E-state index contributed by atoms with van der Waals surface area (Å²) < 4.78 is 16.5. The van der Waals surface area contributed by atoms with Crippen molar-refractivity contribution in [1.82, 2.24) is 0 Å². The van der Waals surface area contributed by atoms with Gasteiger partial charge in [0.25, 0.3) is 0 Å². The molecule has 0 spiro atoms. The van der Waals surface area contributed by atoms with Crippen LogP contribution in [0.15, 0.2) is 42.5 Å². The Morgan fingerprint density at radius 2 is 1.43 bits per heavy atom. The Morgan fingerprint density at radius 3 is 1.90 bits per heavy atom. The lowest BCUT2D eigenvalue weighted by Crippen LogP contribution is -2.18. The lowest BCUT2D eigenvalue weighted by atomic mass is 10.1. The van der Waals surface area contributed by atoms with Crippen molar-refractivity contribution in [3.8, 4) is 17.2 Å². The van der Waals surface area contributed by atoms with Gasteiger partial charge >= 0.3 is 0 Å². The van der Waals surface area contributed by atoms with Gasteiger partial charge in [-0.05, 0) is 12.5 Å². The van der Waals surface area contributed by atoms with Crippen molar-refractivity contribution in [2.24, 2.45) is 5.73 Å². The molecule has 112 valence electrons. The van der Waals surface area contributed by atoms with E-state index in [2.05, 4.69) is 6.92 Å². The van der Waals surface area contributed by atoms with Gasteiger partial charge < -0.3 is 19.9 Å². The summed E-state index contributed by atoms with van der Waals surface area (Å²) in [7, 11) is 3.22. The first-order valence-electron chi connectivity index (χ1n) is 6.82. The van der Waals surface area contributed by atoms with Crippen molar-refractivity contribution in [2.45, 2.75) is 13.0 Å². The fourth-order valence-electron chi connectivity index (χ4n) is 2.05. The van der Waals surface area contributed by atoms with Gasteiger partial charge in [0.2, 0.25) is 0 Å². The van der Waals surface area contributed by atoms with Crippen molar-refractivity contribution < 1.29 is 14.2 Å². The van der Waals surface area contributed by atoms with E-state index in [0.717, 1.165) is 5.56 Å². The van der Waals surface area contributed by atoms with Crippen molar-refractivity contribution >= 4 is 0 Å². The summed E-state index contributed by atoms with van der Waals surface area (Å²) in [5.41, 5.74) is 8.10. The highest BCUT2D eigenvalue weighted by molar-refractivity contribution is 5.42. The van der Waals surface area contributed by atoms with Crippen LogP contribution in [0.4, 0.5) is 0 Å². The summed E-state index contributed by atoms with van der Waals surface area (Å²) >= 11 is 0. The van der Waals surface area contributed by atoms with Gasteiger partial charge in [0, 0.05) is 24.7 Å². The molecule has 0 bridgehead atoms. The third kappa shape index (κ3) is 3.89. The van der Waals surface area contributed by atoms with Crippen LogP contribution in [0.25, 0.3) is 0 Å². The number of hydrogen-bond donors (Lipinski definition) is 1. The smallest absolute Gasteiger partial charge is 0.136 e. The molecule has 21 heavy (non-hydrogen) atoms. The van der Waals surface area contributed by atoms with Crippen LogP contribution >= 0.6 is 0 Å². The average Bonchev–Trinajstić information content (AvgIpc) is 2.53. The summed E-state index contributed by atoms with van der Waals surface area (Å²) in [6, 6.07) is 13.6. The molecule has 2 aromatic rings. The molecule has 4 nitrogen and oxygen atoms in total. The van der Waals surface area contributed by atoms with Crippen LogP contribution in [0.2, 0.25) is 0 Å². The molecule has 2 N–H and O–H groups in total. The minimum Gasteiger partial charge on any atom is -0.496 e. The molecule has 0 aliphatic heterocycles. The molecule has 0 saturated carbocycles.